The molecule has 0 aromatic carbocycles. The Morgan fingerprint density at radius 3 is 0.908 bits per heavy atom. The summed E-state index contributed by atoms with van der Waals surface area (Å²) < 4.78 is 0. The number of nitrogens with two attached hydrogens (primary N) is 4. The van der Waals surface area contributed by atoms with E-state index in [1.54, 1.807) is 64.4 Å². The van der Waals surface area contributed by atoms with Gasteiger partial charge in [-0.2, -0.15) is 25.9 Å². The first kappa shape index (κ1) is 151. The van der Waals surface area contributed by atoms with Crippen LogP contribution in [-0.4, -0.2) is 174 Å². The summed E-state index contributed by atoms with van der Waals surface area (Å²) in [4.78, 5) is 95.7. The van der Waals surface area contributed by atoms with Gasteiger partial charge in [0.15, 0.2) is 23.7 Å². The molecule has 0 aliphatic carbocycles. The lowest BCUT2D eigenvalue weighted by Crippen LogP contribution is -2.33. The lowest BCUT2D eigenvalue weighted by molar-refractivity contribution is -0.501. The number of hydrogen-bond acceptors (Lipinski definition) is 24. The minimum absolute atomic E-state index is 0.00926. The third-order valence-corrected chi connectivity index (χ3v) is 16.0. The van der Waals surface area contributed by atoms with E-state index in [2.05, 4.69) is 267 Å². The molecule has 0 saturated heterocycles. The molecule has 0 fully saturated rings. The first-order valence-electron chi connectivity index (χ1n) is 50.4. The van der Waals surface area contributed by atoms with Crippen molar-refractivity contribution in [1.82, 2.24) is 102 Å². The molecule has 0 radical (unpaired) electrons. The summed E-state index contributed by atoms with van der Waals surface area (Å²) in [5.41, 5.74) is 24.1. The van der Waals surface area contributed by atoms with Crippen LogP contribution < -0.4 is 49.8 Å². The largest absolute Gasteiger partial charge is 0.512 e. The summed E-state index contributed by atoms with van der Waals surface area (Å²) in [6.45, 7) is 102. The zero-order chi connectivity index (χ0) is 113. The van der Waals surface area contributed by atoms with Gasteiger partial charge in [0, 0.05) is 149 Å². The Balaban J connectivity index is -0.000000163. The van der Waals surface area contributed by atoms with E-state index in [0.717, 1.165) is 64.6 Å². The Hall–Kier alpha value is -11.2. The number of carbonyl (C=O) groups is 5. The highest BCUT2D eigenvalue weighted by molar-refractivity contribution is 5.88. The number of Topliss-reactive ketones (excluding diaryl/α,β-unsaturated/α-hetero) is 1. The molecule has 18 N–H and O–H groups in total. The first-order chi connectivity index (χ1) is 65.2. The van der Waals surface area contributed by atoms with Crippen LogP contribution in [0.1, 0.15) is 429 Å². The maximum Gasteiger partial charge on any atom is 0.247 e. The molecule has 7 aromatic heterocycles. The number of ketones is 1. The molecule has 8 heterocycles. The van der Waals surface area contributed by atoms with Gasteiger partial charge in [-0.05, 0) is 133 Å². The topological polar surface area (TPSA) is 585 Å². The smallest absolute Gasteiger partial charge is 0.247 e. The minimum Gasteiger partial charge on any atom is -0.512 e. The fourth-order valence-electron chi connectivity index (χ4n) is 7.29. The maximum absolute atomic E-state index is 11.0. The van der Waals surface area contributed by atoms with E-state index in [-0.39, 0.29) is 82.3 Å². The predicted octanol–water partition coefficient (Wildman–Crippen LogP) is 21.0. The molecule has 1 aliphatic heterocycles. The number of carbonyl (C=O) groups excluding carboxylic acids is 5. The van der Waals surface area contributed by atoms with E-state index in [9.17, 15) is 33.6 Å². The second-order valence-corrected chi connectivity index (χ2v) is 41.3. The van der Waals surface area contributed by atoms with Crippen molar-refractivity contribution in [3.63, 3.8) is 0 Å². The molecule has 820 valence electrons. The third-order valence-electron chi connectivity index (χ3n) is 16.0. The van der Waals surface area contributed by atoms with Gasteiger partial charge < -0.3 is 53.6 Å². The zero-order valence-corrected chi connectivity index (χ0v) is 97.8. The molecule has 4 amide bonds. The van der Waals surface area contributed by atoms with Crippen molar-refractivity contribution in [3.05, 3.63) is 128 Å². The van der Waals surface area contributed by atoms with Gasteiger partial charge in [-0.1, -0.05) is 305 Å². The normalized spacial score (nSPS) is 11.2. The number of H-pyrrole nitrogens is 7. The van der Waals surface area contributed by atoms with E-state index in [0.29, 0.717) is 101 Å². The SMILES string of the molecule is CC(C)/C=C(\O)C(C)C.CC(C)C.CC(C)C.CC(C)C(N)=O.CC(C)C(N)=O.CC(C)C1=NN=NC1.CC(C)CC(=O)C(C)C.CC(C)N=C(N)C(C)C.CC(C)N=C(N)C(C)C.CC(C)NC(=O)C(C)C.CC(C)NC(=O)C(C)C.CC(C)c1c[nH+]n(C(C)C)n1.CC(C)c1cnc(C(C)C)[nH]1.CC(C)c1nn[nH]n1.CC(C)c1nn[nH]n1.CC(C)c1nn[nH]n1.O=c1cccc[nH]1.O=c1cccc[nH]1. The second-order valence-electron chi connectivity index (χ2n) is 41.3. The van der Waals surface area contributed by atoms with E-state index in [1.807, 2.05) is 203 Å². The van der Waals surface area contributed by atoms with E-state index >= 15 is 0 Å². The van der Waals surface area contributed by atoms with Crippen LogP contribution in [-0.2, 0) is 24.0 Å². The van der Waals surface area contributed by atoms with E-state index in [1.165, 1.54) is 17.8 Å². The van der Waals surface area contributed by atoms with E-state index in [4.69, 9.17) is 28.0 Å². The van der Waals surface area contributed by atoms with Crippen LogP contribution in [0.4, 0.5) is 0 Å². The van der Waals surface area contributed by atoms with Crippen molar-refractivity contribution < 1.29 is 34.2 Å². The highest BCUT2D eigenvalue weighted by Gasteiger charge is 2.16. The van der Waals surface area contributed by atoms with Crippen molar-refractivity contribution in [2.24, 2.45) is 125 Å². The summed E-state index contributed by atoms with van der Waals surface area (Å²) >= 11 is 0. The first-order valence-corrected chi connectivity index (χ1v) is 50.4. The number of imidazole rings is 1. The number of aromatic amines is 7. The lowest BCUT2D eigenvalue weighted by atomic mass is 9.99. The Labute approximate surface area is 857 Å². The number of nitrogens with zero attached hydrogens (tertiary/aromatic N) is 17. The third kappa shape index (κ3) is 109. The van der Waals surface area contributed by atoms with Crippen molar-refractivity contribution in [1.29, 1.82) is 0 Å². The van der Waals surface area contributed by atoms with Crippen molar-refractivity contribution in [3.8, 4) is 0 Å². The van der Waals surface area contributed by atoms with Crippen LogP contribution >= 0.6 is 0 Å². The van der Waals surface area contributed by atoms with Crippen LogP contribution in [0.25, 0.3) is 0 Å². The molecule has 38 heteroatoms. The molecule has 1 aliphatic rings. The number of primary amides is 2. The lowest BCUT2D eigenvalue weighted by Gasteiger charge is -2.09. The molecular weight excluding hydrogens is 1800 g/mol. The Kier molecular flexibility index (Phi) is 98.0. The highest BCUT2D eigenvalue weighted by Crippen LogP contribution is 2.16. The summed E-state index contributed by atoms with van der Waals surface area (Å²) in [6, 6.07) is 11.5. The van der Waals surface area contributed by atoms with Gasteiger partial charge in [0.25, 0.3) is 0 Å². The second kappa shape index (κ2) is 92.2. The fraction of sp³-hybridized carbons (Fsp3) is 0.731. The number of aromatic nitrogens is 19. The van der Waals surface area contributed by atoms with Crippen LogP contribution in [0.2, 0.25) is 0 Å². The number of hydrogen-bond donors (Lipinski definition) is 13. The van der Waals surface area contributed by atoms with Crippen molar-refractivity contribution in [2.75, 3.05) is 6.54 Å². The number of amidine groups is 2. The number of allylic oxidation sites excluding steroid dienone is 2. The molecule has 38 nitrogen and oxygen atoms in total. The Morgan fingerprint density at radius 2 is 0.796 bits per heavy atom. The highest BCUT2D eigenvalue weighted by atomic mass is 16.3. The number of tetrazole rings is 3. The number of rotatable bonds is 23. The number of aliphatic hydroxyl groups excluding tert-OH is 1. The molecule has 0 spiro atoms. The molecule has 7 aromatic rings. The molecule has 0 atom stereocenters. The van der Waals surface area contributed by atoms with Crippen LogP contribution in [0, 0.1) is 76.9 Å². The quantitative estimate of drug-likeness (QED) is 0.0161. The van der Waals surface area contributed by atoms with Crippen molar-refractivity contribution >= 4 is 46.8 Å². The van der Waals surface area contributed by atoms with Gasteiger partial charge in [-0.3, -0.25) is 43.5 Å². The average molecular weight is 2010 g/mol. The number of aliphatic hydroxyl groups is 1. The van der Waals surface area contributed by atoms with E-state index < -0.39 is 0 Å². The maximum atomic E-state index is 11.0. The summed E-state index contributed by atoms with van der Waals surface area (Å²) in [5, 5.41) is 73.2. The molecular formula is C104H207N30O8+. The monoisotopic (exact) mass is 2000 g/mol. The average Bonchev–Trinajstić information content (AvgIpc) is 1.75. The van der Waals surface area contributed by atoms with Gasteiger partial charge in [0.1, 0.15) is 24.2 Å². The number of pyridine rings is 2. The number of nitrogens with one attached hydrogen (secondary N) is 9. The zero-order valence-electron chi connectivity index (χ0n) is 97.8. The summed E-state index contributed by atoms with van der Waals surface area (Å²) in [7, 11) is 0. The fourth-order valence-corrected chi connectivity index (χ4v) is 7.29. The summed E-state index contributed by atoms with van der Waals surface area (Å²) in [6.07, 6.45) is 9.71. The molecule has 8 rings (SSSR count). The van der Waals surface area contributed by atoms with Gasteiger partial charge in [-0.15, -0.1) is 35.7 Å². The van der Waals surface area contributed by atoms with Crippen LogP contribution in [0.3, 0.4) is 0 Å². The van der Waals surface area contributed by atoms with Gasteiger partial charge in [0.2, 0.25) is 40.4 Å². The van der Waals surface area contributed by atoms with Crippen molar-refractivity contribution in [2.45, 2.75) is 418 Å². The minimum atomic E-state index is -0.241. The number of amides is 4. The molecule has 142 heavy (non-hydrogen) atoms. The van der Waals surface area contributed by atoms with Crippen LogP contribution in [0.15, 0.2) is 108 Å². The van der Waals surface area contributed by atoms with Gasteiger partial charge >= 0.3 is 0 Å². The van der Waals surface area contributed by atoms with Crippen LogP contribution in [0.5, 0.6) is 0 Å². The predicted molar refractivity (Wildman–Crippen MR) is 589 cm³/mol. The standard InChI is InChI=1S/C9H16N2.C8H15N3.2C8H16O.2C7H16N2.2C7H15NO.C5H9N3.2C5H5NO.3C4H8N4.2C4H9NO.2C4H10/c1-6(2)8-5-10-9(11-8)7(3)4;1-6(2)8-5-9-11(10-8)7(3)4;2*1-6(2)5-8(9)7(3)4;2*1-5(2)7(8)9-6(3)4;2*1-5(2)7(9)8-6(3)4;1-4(2)5-3-6-8-7-5;2*7-5-3-1-2-4-6-5;3*1-3(2)4-5-7-8-6-4;2*1-3(2)4(5)6;2*1-4(2)3/h5-7H,1-4H3,(H,10,11);5-7H,1-4H3;6-7H,5H2,1-4H3;5-7,9H,1-4H3;2*5-6H,1-4H3,(H2,8,9);2*5-6H,1-4H3,(H,8,9);4H,3H2,1-2H3;2*1-4H,(H,6,7);3*3H,1-2H3,(H,5,6,7,8);2*3H,1-2H3,(H2,5,6);2*4H,1-3H3/p+1/b;;;8-5-;;;;;;;;;;;;;;. The Bertz CT molecular complexity index is 3940. The van der Waals surface area contributed by atoms with Gasteiger partial charge in [-0.25, -0.2) is 4.98 Å². The number of aliphatic imine (C=N–C) groups is 2. The molecule has 0 saturated carbocycles. The van der Waals surface area contributed by atoms with Gasteiger partial charge in [0.05, 0.1) is 23.1 Å². The molecule has 0 bridgehead atoms. The summed E-state index contributed by atoms with van der Waals surface area (Å²) in [5.74, 6) is 12.8. The Morgan fingerprint density at radius 1 is 0.451 bits per heavy atom. The molecule has 0 unspecified atom stereocenters.